The Kier molecular flexibility index (Phi) is 1.60. The lowest BCUT2D eigenvalue weighted by Crippen LogP contribution is -2.25. The smallest absolute Gasteiger partial charge is 0.213 e. The summed E-state index contributed by atoms with van der Waals surface area (Å²) in [5.74, 6) is 0.732. The summed E-state index contributed by atoms with van der Waals surface area (Å²) in [4.78, 5) is 4.36. The van der Waals surface area contributed by atoms with E-state index in [1.54, 1.807) is 6.20 Å². The Morgan fingerprint density at radius 3 is 2.83 bits per heavy atom. The van der Waals surface area contributed by atoms with Crippen LogP contribution in [-0.4, -0.2) is 19.0 Å². The molecule has 3 heteroatoms. The molecule has 2 N–H and O–H groups in total. The predicted molar refractivity (Wildman–Crippen MR) is 47.9 cm³/mol. The largest absolute Gasteiger partial charge is 0.477 e. The van der Waals surface area contributed by atoms with E-state index in [1.807, 2.05) is 6.92 Å². The predicted octanol–water partition coefficient (Wildman–Crippen LogP) is 1.06. The van der Waals surface area contributed by atoms with Crippen molar-refractivity contribution in [3.8, 4) is 0 Å². The number of hydrogen-bond donors (Lipinski definition) is 1. The Morgan fingerprint density at radius 2 is 2.42 bits per heavy atom. The molecule has 1 heterocycles. The maximum absolute atomic E-state index is 5.51. The summed E-state index contributed by atoms with van der Waals surface area (Å²) in [7, 11) is 0. The monoisotopic (exact) mass is 166 g/mol. The maximum Gasteiger partial charge on any atom is 0.213 e. The lowest BCUT2D eigenvalue weighted by atomic mass is 10.1. The van der Waals surface area contributed by atoms with Crippen LogP contribution in [0.3, 0.4) is 0 Å². The van der Waals surface area contributed by atoms with Crippen LogP contribution in [0.1, 0.15) is 19.8 Å². The first-order valence-electron chi connectivity index (χ1n) is 4.32. The van der Waals surface area contributed by atoms with Crippen molar-refractivity contribution in [2.24, 2.45) is 16.1 Å². The standard InChI is InChI=1S/C9H14N2O/c1-7(4-10)8-11-5-9(2-3-9)6-12-8/h4H,2-3,5-6,10H2,1H3/b7-4-. The highest BCUT2D eigenvalue weighted by atomic mass is 16.5. The van der Waals surface area contributed by atoms with Gasteiger partial charge in [0.1, 0.15) is 0 Å². The third kappa shape index (κ3) is 1.19. The fourth-order valence-electron chi connectivity index (χ4n) is 1.34. The first kappa shape index (κ1) is 7.65. The summed E-state index contributed by atoms with van der Waals surface area (Å²) in [6.45, 7) is 3.67. The molecule has 0 unspecified atom stereocenters. The van der Waals surface area contributed by atoms with Crippen LogP contribution in [0.2, 0.25) is 0 Å². The minimum absolute atomic E-state index is 0.415. The number of nitrogens with two attached hydrogens (primary N) is 1. The molecule has 1 spiro atoms. The molecule has 12 heavy (non-hydrogen) atoms. The molecule has 1 aliphatic carbocycles. The van der Waals surface area contributed by atoms with Gasteiger partial charge in [-0.05, 0) is 19.8 Å². The van der Waals surface area contributed by atoms with Gasteiger partial charge in [-0.2, -0.15) is 0 Å². The zero-order valence-electron chi connectivity index (χ0n) is 7.34. The van der Waals surface area contributed by atoms with Gasteiger partial charge >= 0.3 is 0 Å². The van der Waals surface area contributed by atoms with Gasteiger partial charge < -0.3 is 10.5 Å². The molecule has 0 aromatic carbocycles. The number of nitrogens with zero attached hydrogens (tertiary/aromatic N) is 1. The zero-order valence-corrected chi connectivity index (χ0v) is 7.34. The van der Waals surface area contributed by atoms with Crippen molar-refractivity contribution in [3.05, 3.63) is 11.8 Å². The normalized spacial score (nSPS) is 26.4. The summed E-state index contributed by atoms with van der Waals surface area (Å²) in [5.41, 5.74) is 6.71. The zero-order chi connectivity index (χ0) is 8.60. The number of hydrogen-bond acceptors (Lipinski definition) is 3. The molecule has 0 amide bonds. The van der Waals surface area contributed by atoms with Crippen LogP contribution in [-0.2, 0) is 4.74 Å². The van der Waals surface area contributed by atoms with Crippen molar-refractivity contribution in [1.82, 2.24) is 0 Å². The third-order valence-corrected chi connectivity index (χ3v) is 2.62. The summed E-state index contributed by atoms with van der Waals surface area (Å²) >= 11 is 0. The number of ether oxygens (including phenoxy) is 1. The summed E-state index contributed by atoms with van der Waals surface area (Å²) in [5, 5.41) is 0. The van der Waals surface area contributed by atoms with Gasteiger partial charge in [-0.15, -0.1) is 0 Å². The van der Waals surface area contributed by atoms with Crippen LogP contribution in [0.5, 0.6) is 0 Å². The van der Waals surface area contributed by atoms with E-state index >= 15 is 0 Å². The molecule has 0 bridgehead atoms. The average Bonchev–Trinajstić information content (AvgIpc) is 2.85. The van der Waals surface area contributed by atoms with Crippen molar-refractivity contribution in [2.75, 3.05) is 13.2 Å². The average molecular weight is 166 g/mol. The van der Waals surface area contributed by atoms with Gasteiger partial charge in [0.05, 0.1) is 13.2 Å². The number of rotatable bonds is 1. The Morgan fingerprint density at radius 1 is 1.67 bits per heavy atom. The summed E-state index contributed by atoms with van der Waals surface area (Å²) in [6.07, 6.45) is 4.09. The highest BCUT2D eigenvalue weighted by Crippen LogP contribution is 2.47. The van der Waals surface area contributed by atoms with Crippen molar-refractivity contribution < 1.29 is 4.74 Å². The molecule has 2 aliphatic rings. The van der Waals surface area contributed by atoms with E-state index in [-0.39, 0.29) is 0 Å². The Bertz CT molecular complexity index is 251. The van der Waals surface area contributed by atoms with E-state index in [1.165, 1.54) is 12.8 Å². The molecule has 0 atom stereocenters. The minimum atomic E-state index is 0.415. The molecular formula is C9H14N2O. The molecule has 0 aromatic rings. The second kappa shape index (κ2) is 2.51. The quantitative estimate of drug-likeness (QED) is 0.633. The fraction of sp³-hybridized carbons (Fsp3) is 0.667. The van der Waals surface area contributed by atoms with Crippen molar-refractivity contribution in [3.63, 3.8) is 0 Å². The van der Waals surface area contributed by atoms with Gasteiger partial charge in [0, 0.05) is 17.2 Å². The van der Waals surface area contributed by atoms with Crippen molar-refractivity contribution in [2.45, 2.75) is 19.8 Å². The van der Waals surface area contributed by atoms with Crippen LogP contribution < -0.4 is 5.73 Å². The van der Waals surface area contributed by atoms with Gasteiger partial charge in [0.2, 0.25) is 5.90 Å². The molecule has 1 saturated carbocycles. The molecule has 0 aromatic heterocycles. The van der Waals surface area contributed by atoms with E-state index in [2.05, 4.69) is 4.99 Å². The van der Waals surface area contributed by atoms with Gasteiger partial charge in [-0.3, -0.25) is 4.99 Å². The molecule has 0 saturated heterocycles. The van der Waals surface area contributed by atoms with Crippen molar-refractivity contribution >= 4 is 5.90 Å². The molecule has 3 nitrogen and oxygen atoms in total. The van der Waals surface area contributed by atoms with E-state index in [9.17, 15) is 0 Å². The van der Waals surface area contributed by atoms with Crippen LogP contribution >= 0.6 is 0 Å². The molecular weight excluding hydrogens is 152 g/mol. The lowest BCUT2D eigenvalue weighted by molar-refractivity contribution is 0.206. The second-order valence-corrected chi connectivity index (χ2v) is 3.76. The summed E-state index contributed by atoms with van der Waals surface area (Å²) in [6, 6.07) is 0. The van der Waals surface area contributed by atoms with E-state index in [4.69, 9.17) is 10.5 Å². The first-order chi connectivity index (χ1) is 5.76. The Balaban J connectivity index is 2.06. The molecule has 0 radical (unpaired) electrons. The maximum atomic E-state index is 5.51. The van der Waals surface area contributed by atoms with Crippen LogP contribution in [0.15, 0.2) is 16.8 Å². The van der Waals surface area contributed by atoms with E-state index < -0.39 is 0 Å². The first-order valence-corrected chi connectivity index (χ1v) is 4.32. The SMILES string of the molecule is C/C(=C/N)C1=NCC2(CC2)CO1. The Labute approximate surface area is 72.3 Å². The second-order valence-electron chi connectivity index (χ2n) is 3.76. The number of aliphatic imine (C=N–C) groups is 1. The highest BCUT2D eigenvalue weighted by molar-refractivity contribution is 5.93. The van der Waals surface area contributed by atoms with Crippen LogP contribution in [0, 0.1) is 5.41 Å². The van der Waals surface area contributed by atoms with Gasteiger partial charge in [-0.25, -0.2) is 0 Å². The van der Waals surface area contributed by atoms with Gasteiger partial charge in [0.15, 0.2) is 0 Å². The summed E-state index contributed by atoms with van der Waals surface area (Å²) < 4.78 is 5.51. The molecule has 66 valence electrons. The van der Waals surface area contributed by atoms with Gasteiger partial charge in [0.25, 0.3) is 0 Å². The molecule has 1 aliphatic heterocycles. The Hall–Kier alpha value is -0.990. The topological polar surface area (TPSA) is 47.6 Å². The van der Waals surface area contributed by atoms with Crippen molar-refractivity contribution in [1.29, 1.82) is 0 Å². The fourth-order valence-corrected chi connectivity index (χ4v) is 1.34. The molecule has 1 fully saturated rings. The molecule has 2 rings (SSSR count). The lowest BCUT2D eigenvalue weighted by Gasteiger charge is -2.21. The van der Waals surface area contributed by atoms with E-state index in [0.29, 0.717) is 5.41 Å². The highest BCUT2D eigenvalue weighted by Gasteiger charge is 2.45. The third-order valence-electron chi connectivity index (χ3n) is 2.62. The van der Waals surface area contributed by atoms with Crippen LogP contribution in [0.25, 0.3) is 0 Å². The van der Waals surface area contributed by atoms with Crippen LogP contribution in [0.4, 0.5) is 0 Å². The minimum Gasteiger partial charge on any atom is -0.477 e. The van der Waals surface area contributed by atoms with E-state index in [0.717, 1.165) is 24.6 Å². The van der Waals surface area contributed by atoms with Gasteiger partial charge in [-0.1, -0.05) is 0 Å².